The molecule has 0 saturated carbocycles. The second-order valence-electron chi connectivity index (χ2n) is 9.35. The zero-order valence-corrected chi connectivity index (χ0v) is 21.7. The average molecular weight is 516 g/mol. The molecule has 5 rings (SSSR count). The highest BCUT2D eigenvalue weighted by Crippen LogP contribution is 2.42. The maximum atomic E-state index is 13.5. The van der Waals surface area contributed by atoms with Crippen LogP contribution in [0, 0.1) is 0 Å². The van der Waals surface area contributed by atoms with Gasteiger partial charge in [-0.1, -0.05) is 18.2 Å². The van der Waals surface area contributed by atoms with Crippen molar-refractivity contribution < 1.29 is 33.6 Å². The molecule has 2 heterocycles. The van der Waals surface area contributed by atoms with E-state index in [0.29, 0.717) is 34.8 Å². The molecule has 2 aliphatic heterocycles. The Labute approximate surface area is 221 Å². The first-order chi connectivity index (χ1) is 18.3. The summed E-state index contributed by atoms with van der Waals surface area (Å²) in [6.07, 6.45) is 0.731. The summed E-state index contributed by atoms with van der Waals surface area (Å²) in [5.74, 6) is 0.711. The van der Waals surface area contributed by atoms with E-state index in [4.69, 9.17) is 18.9 Å². The van der Waals surface area contributed by atoms with Crippen LogP contribution >= 0.6 is 0 Å². The summed E-state index contributed by atoms with van der Waals surface area (Å²) in [5.41, 5.74) is 2.80. The number of methoxy groups -OCH3 is 3. The third kappa shape index (κ3) is 4.42. The van der Waals surface area contributed by atoms with Crippen molar-refractivity contribution in [3.63, 3.8) is 0 Å². The zero-order chi connectivity index (χ0) is 27.0. The molecule has 0 radical (unpaired) electrons. The molecular weight excluding hydrogens is 486 g/mol. The van der Waals surface area contributed by atoms with Gasteiger partial charge < -0.3 is 29.0 Å². The van der Waals surface area contributed by atoms with Gasteiger partial charge in [-0.05, 0) is 66.1 Å². The Kier molecular flexibility index (Phi) is 6.72. The molecule has 0 aromatic heterocycles. The molecule has 2 atom stereocenters. The number of hydrogen-bond acceptors (Lipinski definition) is 7. The summed E-state index contributed by atoms with van der Waals surface area (Å²) in [6.45, 7) is 2.08. The number of likely N-dealkylation sites (tertiary alicyclic amines) is 1. The number of fused-ring (bicyclic) bond motifs is 1. The minimum atomic E-state index is -0.832. The van der Waals surface area contributed by atoms with Gasteiger partial charge in [0.1, 0.15) is 23.4 Å². The predicted molar refractivity (Wildman–Crippen MR) is 141 cm³/mol. The number of amides is 1. The Hall–Kier alpha value is -4.46. The Morgan fingerprint density at radius 3 is 2.50 bits per heavy atom. The van der Waals surface area contributed by atoms with Gasteiger partial charge in [0.2, 0.25) is 0 Å². The lowest BCUT2D eigenvalue weighted by Crippen LogP contribution is -2.29. The predicted octanol–water partition coefficient (Wildman–Crippen LogP) is 4.66. The topological polar surface area (TPSA) is 94.5 Å². The minimum Gasteiger partial charge on any atom is -0.507 e. The molecule has 38 heavy (non-hydrogen) atoms. The van der Waals surface area contributed by atoms with Crippen LogP contribution in [-0.4, -0.2) is 49.1 Å². The number of ether oxygens (including phenoxy) is 4. The van der Waals surface area contributed by atoms with Crippen LogP contribution in [0.2, 0.25) is 0 Å². The van der Waals surface area contributed by atoms with Crippen molar-refractivity contribution in [2.24, 2.45) is 0 Å². The number of hydrogen-bond donors (Lipinski definition) is 1. The highest BCUT2D eigenvalue weighted by molar-refractivity contribution is 6.46. The quantitative estimate of drug-likeness (QED) is 0.278. The normalized spacial score (nSPS) is 19.7. The van der Waals surface area contributed by atoms with Crippen LogP contribution in [0.25, 0.3) is 5.76 Å². The Morgan fingerprint density at radius 1 is 0.974 bits per heavy atom. The van der Waals surface area contributed by atoms with Crippen LogP contribution in [0.5, 0.6) is 23.0 Å². The van der Waals surface area contributed by atoms with Crippen molar-refractivity contribution in [2.45, 2.75) is 32.0 Å². The molecule has 0 spiro atoms. The number of carbonyl (C=O) groups is 2. The molecule has 2 aliphatic rings. The van der Waals surface area contributed by atoms with Gasteiger partial charge in [0.15, 0.2) is 11.5 Å². The molecule has 8 heteroatoms. The van der Waals surface area contributed by atoms with Crippen molar-refractivity contribution >= 4 is 17.4 Å². The molecule has 3 aromatic rings. The van der Waals surface area contributed by atoms with E-state index >= 15 is 0 Å². The number of aliphatic hydroxyl groups excluding tert-OH is 1. The number of Topliss-reactive ketones (excluding diaryl/α,β-unsaturated/α-hetero) is 1. The SMILES string of the molecule is COc1cccc(C2/C(=C(/O)c3ccc4c(c3)CC(C)O4)C(=O)C(=O)N2Cc2ccc(OC)c(OC)c2)c1. The summed E-state index contributed by atoms with van der Waals surface area (Å²) < 4.78 is 21.9. The van der Waals surface area contributed by atoms with Crippen LogP contribution in [0.4, 0.5) is 0 Å². The van der Waals surface area contributed by atoms with Gasteiger partial charge in [0, 0.05) is 18.5 Å². The second kappa shape index (κ2) is 10.1. The molecule has 1 fully saturated rings. The largest absolute Gasteiger partial charge is 0.507 e. The Morgan fingerprint density at radius 2 is 1.76 bits per heavy atom. The van der Waals surface area contributed by atoms with E-state index < -0.39 is 17.7 Å². The molecule has 1 N–H and O–H groups in total. The number of benzene rings is 3. The fourth-order valence-corrected chi connectivity index (χ4v) is 5.10. The monoisotopic (exact) mass is 515 g/mol. The van der Waals surface area contributed by atoms with Crippen LogP contribution in [0.15, 0.2) is 66.2 Å². The van der Waals surface area contributed by atoms with E-state index in [-0.39, 0.29) is 24.0 Å². The maximum Gasteiger partial charge on any atom is 0.295 e. The second-order valence-corrected chi connectivity index (χ2v) is 9.35. The number of nitrogens with zero attached hydrogens (tertiary/aromatic N) is 1. The average Bonchev–Trinajstić information content (AvgIpc) is 3.43. The molecule has 0 bridgehead atoms. The molecule has 3 aromatic carbocycles. The zero-order valence-electron chi connectivity index (χ0n) is 21.7. The van der Waals surface area contributed by atoms with E-state index in [0.717, 1.165) is 16.9 Å². The van der Waals surface area contributed by atoms with Crippen LogP contribution in [0.1, 0.15) is 35.2 Å². The van der Waals surface area contributed by atoms with Gasteiger partial charge in [-0.25, -0.2) is 0 Å². The summed E-state index contributed by atoms with van der Waals surface area (Å²) >= 11 is 0. The first-order valence-electron chi connectivity index (χ1n) is 12.3. The van der Waals surface area contributed by atoms with Gasteiger partial charge in [0.05, 0.1) is 32.9 Å². The van der Waals surface area contributed by atoms with Crippen LogP contribution in [-0.2, 0) is 22.6 Å². The van der Waals surface area contributed by atoms with E-state index in [1.807, 2.05) is 25.1 Å². The molecule has 196 valence electrons. The van der Waals surface area contributed by atoms with Crippen molar-refractivity contribution in [3.8, 4) is 23.0 Å². The third-order valence-electron chi connectivity index (χ3n) is 6.92. The first kappa shape index (κ1) is 25.2. The minimum absolute atomic E-state index is 0.0237. The molecular formula is C30H29NO7. The molecule has 8 nitrogen and oxygen atoms in total. The Balaban J connectivity index is 1.62. The van der Waals surface area contributed by atoms with E-state index in [1.165, 1.54) is 12.0 Å². The summed E-state index contributed by atoms with van der Waals surface area (Å²) in [6, 6.07) is 17.0. The molecule has 1 saturated heterocycles. The van der Waals surface area contributed by atoms with Crippen molar-refractivity contribution in [1.82, 2.24) is 4.90 Å². The maximum absolute atomic E-state index is 13.5. The summed E-state index contributed by atoms with van der Waals surface area (Å²) in [7, 11) is 4.63. The first-order valence-corrected chi connectivity index (χ1v) is 12.3. The Bertz CT molecular complexity index is 1440. The summed E-state index contributed by atoms with van der Waals surface area (Å²) in [4.78, 5) is 28.3. The van der Waals surface area contributed by atoms with Crippen molar-refractivity contribution in [1.29, 1.82) is 0 Å². The number of carbonyl (C=O) groups excluding carboxylic acids is 2. The number of rotatable bonds is 7. The van der Waals surface area contributed by atoms with Crippen molar-refractivity contribution in [3.05, 3.63) is 88.5 Å². The van der Waals surface area contributed by atoms with Gasteiger partial charge in [-0.2, -0.15) is 0 Å². The lowest BCUT2D eigenvalue weighted by atomic mass is 9.94. The van der Waals surface area contributed by atoms with E-state index in [1.54, 1.807) is 56.7 Å². The fraction of sp³-hybridized carbons (Fsp3) is 0.267. The highest BCUT2D eigenvalue weighted by atomic mass is 16.5. The molecule has 2 unspecified atom stereocenters. The third-order valence-corrected chi connectivity index (χ3v) is 6.92. The fourth-order valence-electron chi connectivity index (χ4n) is 5.10. The lowest BCUT2D eigenvalue weighted by molar-refractivity contribution is -0.140. The lowest BCUT2D eigenvalue weighted by Gasteiger charge is -2.26. The smallest absolute Gasteiger partial charge is 0.295 e. The van der Waals surface area contributed by atoms with E-state index in [9.17, 15) is 14.7 Å². The van der Waals surface area contributed by atoms with Crippen LogP contribution < -0.4 is 18.9 Å². The number of aliphatic hydroxyl groups is 1. The van der Waals surface area contributed by atoms with Crippen molar-refractivity contribution in [2.75, 3.05) is 21.3 Å². The summed E-state index contributed by atoms with van der Waals surface area (Å²) in [5, 5.41) is 11.5. The number of ketones is 1. The van der Waals surface area contributed by atoms with Gasteiger partial charge in [-0.3, -0.25) is 9.59 Å². The van der Waals surface area contributed by atoms with Gasteiger partial charge in [-0.15, -0.1) is 0 Å². The van der Waals surface area contributed by atoms with Gasteiger partial charge in [0.25, 0.3) is 11.7 Å². The standard InChI is InChI=1S/C30H29NO7/c1-17-12-21-14-20(9-11-23(21)38-17)28(32)26-27(19-6-5-7-22(15-19)35-2)31(30(34)29(26)33)16-18-8-10-24(36-3)25(13-18)37-4/h5-11,13-15,17,27,32H,12,16H2,1-4H3/b28-26-. The molecule has 1 amide bonds. The highest BCUT2D eigenvalue weighted by Gasteiger charge is 2.46. The molecule has 0 aliphatic carbocycles. The van der Waals surface area contributed by atoms with Gasteiger partial charge >= 0.3 is 0 Å². The van der Waals surface area contributed by atoms with E-state index in [2.05, 4.69) is 0 Å². The van der Waals surface area contributed by atoms with Crippen LogP contribution in [0.3, 0.4) is 0 Å².